The van der Waals surface area contributed by atoms with Crippen LogP contribution in [0.1, 0.15) is 38.2 Å². The smallest absolute Gasteiger partial charge is 0.262 e. The number of benzene rings is 1. The largest absolute Gasteiger partial charge is 0.354 e. The molecular formula is C22H28N4O3S. The molecule has 0 spiro atoms. The molecule has 8 heteroatoms. The Kier molecular flexibility index (Phi) is 5.94. The van der Waals surface area contributed by atoms with Gasteiger partial charge in [-0.1, -0.05) is 25.1 Å². The number of sulfonamides is 1. The fraction of sp³-hybridized carbons (Fsp3) is 0.455. The number of hydrogen-bond donors (Lipinski definition) is 2. The van der Waals surface area contributed by atoms with Crippen molar-refractivity contribution in [3.05, 3.63) is 48.2 Å². The monoisotopic (exact) mass is 428 g/mol. The number of aromatic nitrogens is 1. The highest BCUT2D eigenvalue weighted by Gasteiger charge is 2.32. The second-order valence-electron chi connectivity index (χ2n) is 8.01. The number of nitrogens with one attached hydrogen (secondary N) is 2. The van der Waals surface area contributed by atoms with Crippen LogP contribution < -0.4 is 14.9 Å². The second kappa shape index (κ2) is 8.63. The summed E-state index contributed by atoms with van der Waals surface area (Å²) in [7, 11) is -3.75. The predicted octanol–water partition coefficient (Wildman–Crippen LogP) is 2.94. The summed E-state index contributed by atoms with van der Waals surface area (Å²) in [5.41, 5.74) is 1.21. The minimum absolute atomic E-state index is 0.0946. The lowest BCUT2D eigenvalue weighted by molar-refractivity contribution is -0.125. The fourth-order valence-corrected chi connectivity index (χ4v) is 5.29. The predicted molar refractivity (Wildman–Crippen MR) is 117 cm³/mol. The Hall–Kier alpha value is -2.61. The molecule has 1 aliphatic carbocycles. The molecule has 1 unspecified atom stereocenters. The van der Waals surface area contributed by atoms with Crippen molar-refractivity contribution in [1.29, 1.82) is 0 Å². The van der Waals surface area contributed by atoms with Crippen LogP contribution in [0.3, 0.4) is 0 Å². The molecule has 7 nitrogen and oxygen atoms in total. The van der Waals surface area contributed by atoms with E-state index in [0.717, 1.165) is 37.8 Å². The number of aryl methyl sites for hydroxylation is 1. The molecule has 0 bridgehead atoms. The van der Waals surface area contributed by atoms with Gasteiger partial charge in [-0.2, -0.15) is 0 Å². The van der Waals surface area contributed by atoms with Crippen molar-refractivity contribution < 1.29 is 13.2 Å². The van der Waals surface area contributed by atoms with E-state index >= 15 is 0 Å². The van der Waals surface area contributed by atoms with E-state index in [4.69, 9.17) is 0 Å². The van der Waals surface area contributed by atoms with Gasteiger partial charge in [-0.3, -0.25) is 9.52 Å². The topological polar surface area (TPSA) is 91.4 Å². The van der Waals surface area contributed by atoms with Crippen molar-refractivity contribution in [3.8, 4) is 0 Å². The summed E-state index contributed by atoms with van der Waals surface area (Å²) in [6.45, 7) is 3.21. The van der Waals surface area contributed by atoms with E-state index in [2.05, 4.69) is 15.0 Å². The van der Waals surface area contributed by atoms with Crippen LogP contribution in [0.2, 0.25) is 0 Å². The highest BCUT2D eigenvalue weighted by molar-refractivity contribution is 7.92. The van der Waals surface area contributed by atoms with Crippen molar-refractivity contribution in [2.45, 2.75) is 50.0 Å². The average molecular weight is 429 g/mol. The number of anilines is 2. The first-order valence-corrected chi connectivity index (χ1v) is 12.1. The van der Waals surface area contributed by atoms with Crippen LogP contribution in [0.5, 0.6) is 0 Å². The maximum absolute atomic E-state index is 13.1. The highest BCUT2D eigenvalue weighted by atomic mass is 32.2. The van der Waals surface area contributed by atoms with E-state index in [0.29, 0.717) is 30.5 Å². The first-order valence-electron chi connectivity index (χ1n) is 10.6. The van der Waals surface area contributed by atoms with Gasteiger partial charge in [0.05, 0.1) is 16.5 Å². The van der Waals surface area contributed by atoms with E-state index in [1.165, 1.54) is 0 Å². The van der Waals surface area contributed by atoms with Gasteiger partial charge >= 0.3 is 0 Å². The van der Waals surface area contributed by atoms with E-state index < -0.39 is 10.0 Å². The summed E-state index contributed by atoms with van der Waals surface area (Å²) < 4.78 is 28.9. The minimum Gasteiger partial charge on any atom is -0.354 e. The molecule has 1 aromatic carbocycles. The van der Waals surface area contributed by atoms with Gasteiger partial charge in [0.25, 0.3) is 10.0 Å². The SMILES string of the molecule is CCc1ccccc1S(=O)(=O)Nc1cccnc1N1CCCC(C(=O)NC2CC2)C1. The number of piperidine rings is 1. The van der Waals surface area contributed by atoms with Gasteiger partial charge in [0.1, 0.15) is 0 Å². The molecule has 2 fully saturated rings. The lowest BCUT2D eigenvalue weighted by atomic mass is 9.97. The number of pyridine rings is 1. The Bertz CT molecular complexity index is 1020. The lowest BCUT2D eigenvalue weighted by Gasteiger charge is -2.34. The zero-order valence-electron chi connectivity index (χ0n) is 17.2. The van der Waals surface area contributed by atoms with Gasteiger partial charge in [0.2, 0.25) is 5.91 Å². The van der Waals surface area contributed by atoms with E-state index in [1.54, 1.807) is 30.5 Å². The molecule has 160 valence electrons. The zero-order chi connectivity index (χ0) is 21.1. The summed E-state index contributed by atoms with van der Waals surface area (Å²) in [5.74, 6) is 0.558. The normalized spacial score (nSPS) is 19.4. The van der Waals surface area contributed by atoms with Crippen molar-refractivity contribution in [2.75, 3.05) is 22.7 Å². The number of amides is 1. The number of carbonyl (C=O) groups excluding carboxylic acids is 1. The van der Waals surface area contributed by atoms with Gasteiger partial charge in [-0.05, 0) is 55.9 Å². The molecule has 4 rings (SSSR count). The van der Waals surface area contributed by atoms with Crippen LogP contribution in [0.4, 0.5) is 11.5 Å². The van der Waals surface area contributed by atoms with Crippen molar-refractivity contribution in [3.63, 3.8) is 0 Å². The molecule has 2 N–H and O–H groups in total. The Balaban J connectivity index is 1.55. The van der Waals surface area contributed by atoms with Gasteiger partial charge in [0.15, 0.2) is 5.82 Å². The molecule has 1 atom stereocenters. The van der Waals surface area contributed by atoms with Gasteiger partial charge < -0.3 is 10.2 Å². The van der Waals surface area contributed by atoms with Gasteiger partial charge in [0, 0.05) is 25.3 Å². The summed E-state index contributed by atoms with van der Waals surface area (Å²) in [6, 6.07) is 10.8. The van der Waals surface area contributed by atoms with E-state index in [9.17, 15) is 13.2 Å². The Morgan fingerprint density at radius 2 is 1.97 bits per heavy atom. The summed E-state index contributed by atoms with van der Waals surface area (Å²) >= 11 is 0. The van der Waals surface area contributed by atoms with Crippen LogP contribution >= 0.6 is 0 Å². The molecule has 1 aliphatic heterocycles. The zero-order valence-corrected chi connectivity index (χ0v) is 18.0. The molecule has 1 aromatic heterocycles. The molecule has 30 heavy (non-hydrogen) atoms. The maximum Gasteiger partial charge on any atom is 0.262 e. The molecule has 2 aliphatic rings. The molecule has 1 amide bonds. The first kappa shape index (κ1) is 20.7. The summed E-state index contributed by atoms with van der Waals surface area (Å²) in [6.07, 6.45) is 6.11. The third-order valence-corrected chi connectivity index (χ3v) is 7.16. The van der Waals surface area contributed by atoms with Crippen LogP contribution in [0, 0.1) is 5.92 Å². The molecule has 1 saturated heterocycles. The highest BCUT2D eigenvalue weighted by Crippen LogP contribution is 2.30. The number of rotatable bonds is 7. The van der Waals surface area contributed by atoms with Gasteiger partial charge in [-0.25, -0.2) is 13.4 Å². The minimum atomic E-state index is -3.75. The maximum atomic E-state index is 13.1. The van der Waals surface area contributed by atoms with Crippen LogP contribution in [0.25, 0.3) is 0 Å². The van der Waals surface area contributed by atoms with Gasteiger partial charge in [-0.15, -0.1) is 0 Å². The molecule has 2 heterocycles. The van der Waals surface area contributed by atoms with E-state index in [1.807, 2.05) is 24.0 Å². The third kappa shape index (κ3) is 4.59. The van der Waals surface area contributed by atoms with Crippen molar-refractivity contribution in [1.82, 2.24) is 10.3 Å². The lowest BCUT2D eigenvalue weighted by Crippen LogP contribution is -2.44. The Labute approximate surface area is 177 Å². The third-order valence-electron chi connectivity index (χ3n) is 5.69. The number of nitrogens with zero attached hydrogens (tertiary/aromatic N) is 2. The summed E-state index contributed by atoms with van der Waals surface area (Å²) in [5, 5.41) is 3.09. The van der Waals surface area contributed by atoms with Crippen LogP contribution in [-0.2, 0) is 21.2 Å². The molecule has 2 aromatic rings. The standard InChI is InChI=1S/C22H28N4O3S/c1-2-16-7-3-4-10-20(16)30(28,29)25-19-9-5-13-23-21(19)26-14-6-8-17(15-26)22(27)24-18-11-12-18/h3-5,7,9-10,13,17-18,25H,2,6,8,11-12,14-15H2,1H3,(H,24,27). The quantitative estimate of drug-likeness (QED) is 0.708. The second-order valence-corrected chi connectivity index (χ2v) is 9.66. The molecular weight excluding hydrogens is 400 g/mol. The van der Waals surface area contributed by atoms with E-state index in [-0.39, 0.29) is 16.7 Å². The molecule has 0 radical (unpaired) electrons. The summed E-state index contributed by atoms with van der Waals surface area (Å²) in [4.78, 5) is 19.3. The number of carbonyl (C=O) groups is 1. The van der Waals surface area contributed by atoms with Crippen molar-refractivity contribution in [2.24, 2.45) is 5.92 Å². The molecule has 1 saturated carbocycles. The van der Waals surface area contributed by atoms with Crippen molar-refractivity contribution >= 4 is 27.4 Å². The van der Waals surface area contributed by atoms with Crippen LogP contribution in [0.15, 0.2) is 47.5 Å². The first-order chi connectivity index (χ1) is 14.5. The number of hydrogen-bond acceptors (Lipinski definition) is 5. The average Bonchev–Trinajstić information content (AvgIpc) is 3.58. The fourth-order valence-electron chi connectivity index (χ4n) is 3.92. The Morgan fingerprint density at radius 1 is 1.17 bits per heavy atom. The Morgan fingerprint density at radius 3 is 2.73 bits per heavy atom. The van der Waals surface area contributed by atoms with Crippen LogP contribution in [-0.4, -0.2) is 38.4 Å².